The number of nitrogens with zero attached hydrogens (tertiary/aromatic N) is 4. The van der Waals surface area contributed by atoms with Crippen LogP contribution in [0.5, 0.6) is 0 Å². The summed E-state index contributed by atoms with van der Waals surface area (Å²) >= 11 is 0. The predicted octanol–water partition coefficient (Wildman–Crippen LogP) is 4.17. The third-order valence-electron chi connectivity index (χ3n) is 5.12. The molecule has 1 aliphatic carbocycles. The minimum absolute atomic E-state index is 0.0447. The van der Waals surface area contributed by atoms with Gasteiger partial charge in [0.15, 0.2) is 5.82 Å². The predicted molar refractivity (Wildman–Crippen MR) is 99.5 cm³/mol. The van der Waals surface area contributed by atoms with E-state index in [1.807, 2.05) is 17.2 Å². The number of alkyl halides is 2. The molecule has 1 aromatic heterocycles. The van der Waals surface area contributed by atoms with Gasteiger partial charge in [-0.1, -0.05) is 0 Å². The van der Waals surface area contributed by atoms with Crippen molar-refractivity contribution >= 4 is 11.4 Å². The maximum Gasteiger partial charge on any atom is 0.272 e. The summed E-state index contributed by atoms with van der Waals surface area (Å²) in [5.74, 6) is -3.35. The molecule has 1 fully saturated rings. The number of halogens is 3. The Hall–Kier alpha value is -3.30. The summed E-state index contributed by atoms with van der Waals surface area (Å²) in [7, 11) is 0. The number of aromatic nitrogens is 2. The monoisotopic (exact) mass is 405 g/mol. The van der Waals surface area contributed by atoms with Crippen molar-refractivity contribution in [1.29, 1.82) is 0 Å². The molecule has 152 valence electrons. The Morgan fingerprint density at radius 2 is 2.03 bits per heavy atom. The smallest absolute Gasteiger partial charge is 0.272 e. The highest BCUT2D eigenvalue weighted by atomic mass is 19.3. The van der Waals surface area contributed by atoms with Crippen molar-refractivity contribution < 1.29 is 18.1 Å². The number of allylic oxidation sites excluding steroid dienone is 2. The molecule has 1 saturated carbocycles. The number of nitrogens with one attached hydrogen (secondary N) is 1. The highest BCUT2D eigenvalue weighted by Crippen LogP contribution is 2.35. The Bertz CT molecular complexity index is 991. The van der Waals surface area contributed by atoms with Crippen molar-refractivity contribution in [2.24, 2.45) is 0 Å². The quantitative estimate of drug-likeness (QED) is 0.610. The highest BCUT2D eigenvalue weighted by molar-refractivity contribution is 5.65. The van der Waals surface area contributed by atoms with Crippen molar-refractivity contribution in [2.75, 3.05) is 0 Å². The van der Waals surface area contributed by atoms with Crippen molar-refractivity contribution in [3.8, 4) is 5.69 Å². The van der Waals surface area contributed by atoms with E-state index in [1.165, 1.54) is 23.0 Å². The Labute approximate surface area is 164 Å². The van der Waals surface area contributed by atoms with E-state index in [0.717, 1.165) is 6.07 Å². The first-order chi connectivity index (χ1) is 13.8. The SMILES string of the molecule is O=[N+]([O-])c1ccc(-n2cc(C3=CC=CN(C4CCC(F)(F)CC4)N3)cn2)c(F)c1. The van der Waals surface area contributed by atoms with Crippen LogP contribution in [0.3, 0.4) is 0 Å². The number of benzene rings is 1. The summed E-state index contributed by atoms with van der Waals surface area (Å²) in [6, 6.07) is 3.30. The second-order valence-electron chi connectivity index (χ2n) is 7.09. The maximum absolute atomic E-state index is 14.2. The zero-order valence-electron chi connectivity index (χ0n) is 15.3. The van der Waals surface area contributed by atoms with E-state index in [-0.39, 0.29) is 30.3 Å². The third kappa shape index (κ3) is 3.96. The first-order valence-electron chi connectivity index (χ1n) is 9.13. The summed E-state index contributed by atoms with van der Waals surface area (Å²) in [6.07, 6.45) is 9.03. The minimum Gasteiger partial charge on any atom is -0.298 e. The standard InChI is InChI=1S/C19H18F3N5O2/c20-16-10-15(27(28)29)3-4-18(16)26-12-13(11-23-26)17-2-1-9-25(24-17)14-5-7-19(21,22)8-6-14/h1-4,9-12,14,24H,5-8H2. The molecule has 7 nitrogen and oxygen atoms in total. The van der Waals surface area contributed by atoms with Crippen LogP contribution >= 0.6 is 0 Å². The van der Waals surface area contributed by atoms with Crippen LogP contribution in [0, 0.1) is 15.9 Å². The fourth-order valence-electron chi connectivity index (χ4n) is 3.51. The lowest BCUT2D eigenvalue weighted by Gasteiger charge is -2.38. The van der Waals surface area contributed by atoms with Crippen LogP contribution in [0.25, 0.3) is 11.4 Å². The first kappa shape index (κ1) is 19.0. The lowest BCUT2D eigenvalue weighted by Crippen LogP contribution is -2.45. The van der Waals surface area contributed by atoms with Crippen molar-refractivity contribution in [1.82, 2.24) is 20.2 Å². The van der Waals surface area contributed by atoms with Crippen LogP contribution in [0.1, 0.15) is 31.2 Å². The normalized spacial score (nSPS) is 19.0. The lowest BCUT2D eigenvalue weighted by molar-refractivity contribution is -0.385. The zero-order chi connectivity index (χ0) is 20.6. The number of non-ortho nitro benzene ring substituents is 1. The fourth-order valence-corrected chi connectivity index (χ4v) is 3.51. The van der Waals surface area contributed by atoms with Crippen molar-refractivity contribution in [3.05, 3.63) is 70.4 Å². The molecule has 1 N–H and O–H groups in total. The number of rotatable bonds is 4. The van der Waals surface area contributed by atoms with Crippen LogP contribution in [-0.4, -0.2) is 31.7 Å². The van der Waals surface area contributed by atoms with Gasteiger partial charge in [0.2, 0.25) is 5.92 Å². The van der Waals surface area contributed by atoms with E-state index in [1.54, 1.807) is 12.4 Å². The fraction of sp³-hybridized carbons (Fsp3) is 0.316. The molecule has 0 unspecified atom stereocenters. The molecular weight excluding hydrogens is 387 g/mol. The average Bonchev–Trinajstić information content (AvgIpc) is 3.18. The minimum atomic E-state index is -2.59. The number of hydrazine groups is 1. The second-order valence-corrected chi connectivity index (χ2v) is 7.09. The van der Waals surface area contributed by atoms with Crippen LogP contribution < -0.4 is 5.43 Å². The molecule has 2 aromatic rings. The van der Waals surface area contributed by atoms with Crippen LogP contribution in [-0.2, 0) is 0 Å². The van der Waals surface area contributed by atoms with E-state index in [4.69, 9.17) is 0 Å². The summed E-state index contributed by atoms with van der Waals surface area (Å²) in [4.78, 5) is 10.1. The van der Waals surface area contributed by atoms with Gasteiger partial charge in [-0.2, -0.15) is 5.10 Å². The molecule has 0 saturated heterocycles. The lowest BCUT2D eigenvalue weighted by atomic mass is 9.92. The molecule has 29 heavy (non-hydrogen) atoms. The summed E-state index contributed by atoms with van der Waals surface area (Å²) in [5.41, 5.74) is 4.30. The Morgan fingerprint density at radius 3 is 2.72 bits per heavy atom. The largest absolute Gasteiger partial charge is 0.298 e. The molecule has 1 aliphatic heterocycles. The van der Waals surface area contributed by atoms with E-state index in [9.17, 15) is 23.3 Å². The van der Waals surface area contributed by atoms with Crippen LogP contribution in [0.15, 0.2) is 48.9 Å². The highest BCUT2D eigenvalue weighted by Gasteiger charge is 2.37. The molecular formula is C19H18F3N5O2. The van der Waals surface area contributed by atoms with Crippen LogP contribution in [0.4, 0.5) is 18.9 Å². The zero-order valence-corrected chi connectivity index (χ0v) is 15.3. The Balaban J connectivity index is 1.49. The number of nitro groups is 1. The van der Waals surface area contributed by atoms with Crippen molar-refractivity contribution in [2.45, 2.75) is 37.6 Å². The van der Waals surface area contributed by atoms with Gasteiger partial charge < -0.3 is 0 Å². The second kappa shape index (κ2) is 7.26. The molecule has 0 radical (unpaired) electrons. The maximum atomic E-state index is 14.2. The van der Waals surface area contributed by atoms with Gasteiger partial charge in [-0.3, -0.25) is 20.5 Å². The van der Waals surface area contributed by atoms with E-state index in [2.05, 4.69) is 10.5 Å². The van der Waals surface area contributed by atoms with E-state index in [0.29, 0.717) is 24.1 Å². The molecule has 0 atom stereocenters. The third-order valence-corrected chi connectivity index (χ3v) is 5.12. The summed E-state index contributed by atoms with van der Waals surface area (Å²) in [6.45, 7) is 0. The first-order valence-corrected chi connectivity index (χ1v) is 9.13. The Morgan fingerprint density at radius 1 is 1.28 bits per heavy atom. The van der Waals surface area contributed by atoms with Gasteiger partial charge in [0.05, 0.1) is 28.9 Å². The topological polar surface area (TPSA) is 76.2 Å². The molecule has 4 rings (SSSR count). The number of nitro benzene ring substituents is 1. The molecule has 2 aliphatic rings. The van der Waals surface area contributed by atoms with Gasteiger partial charge in [0.25, 0.3) is 5.69 Å². The summed E-state index contributed by atoms with van der Waals surface area (Å²) < 4.78 is 42.3. The van der Waals surface area contributed by atoms with Gasteiger partial charge in [-0.05, 0) is 31.1 Å². The molecule has 10 heteroatoms. The van der Waals surface area contributed by atoms with Gasteiger partial charge in [0.1, 0.15) is 5.69 Å². The molecule has 1 aromatic carbocycles. The van der Waals surface area contributed by atoms with E-state index >= 15 is 0 Å². The van der Waals surface area contributed by atoms with Crippen molar-refractivity contribution in [3.63, 3.8) is 0 Å². The number of hydrogen-bond donors (Lipinski definition) is 1. The van der Waals surface area contributed by atoms with Gasteiger partial charge in [-0.15, -0.1) is 0 Å². The molecule has 0 amide bonds. The van der Waals surface area contributed by atoms with Gasteiger partial charge >= 0.3 is 0 Å². The average molecular weight is 405 g/mol. The Kier molecular flexibility index (Phi) is 4.77. The number of hydrogen-bond acceptors (Lipinski definition) is 5. The molecule has 0 spiro atoms. The van der Waals surface area contributed by atoms with Crippen LogP contribution in [0.2, 0.25) is 0 Å². The van der Waals surface area contributed by atoms with Gasteiger partial charge in [-0.25, -0.2) is 17.9 Å². The van der Waals surface area contributed by atoms with Gasteiger partial charge in [0, 0.05) is 36.9 Å². The van der Waals surface area contributed by atoms with E-state index < -0.39 is 16.7 Å². The molecule has 2 heterocycles. The molecule has 0 bridgehead atoms. The summed E-state index contributed by atoms with van der Waals surface area (Å²) in [5, 5.41) is 16.7.